The fourth-order valence-electron chi connectivity index (χ4n) is 2.22. The van der Waals surface area contributed by atoms with Crippen LogP contribution in [0.1, 0.15) is 11.4 Å². The Bertz CT molecular complexity index is 621. The fraction of sp³-hybridized carbons (Fsp3) is 0.429. The molecule has 0 aliphatic heterocycles. The highest BCUT2D eigenvalue weighted by molar-refractivity contribution is 5.82. The van der Waals surface area contributed by atoms with Gasteiger partial charge in [-0.25, -0.2) is 4.98 Å². The summed E-state index contributed by atoms with van der Waals surface area (Å²) in [7, 11) is 3.46. The van der Waals surface area contributed by atoms with Crippen LogP contribution >= 0.6 is 0 Å². The first-order valence-corrected chi connectivity index (χ1v) is 6.47. The van der Waals surface area contributed by atoms with Crippen LogP contribution in [0.25, 0.3) is 11.0 Å². The van der Waals surface area contributed by atoms with Crippen molar-refractivity contribution in [1.29, 1.82) is 0 Å². The molecule has 3 N–H and O–H groups in total. The smallest absolute Gasteiger partial charge is 0.239 e. The molecule has 6 heteroatoms. The van der Waals surface area contributed by atoms with Gasteiger partial charge >= 0.3 is 0 Å². The lowest BCUT2D eigenvalue weighted by atomic mass is 10.2. The highest BCUT2D eigenvalue weighted by atomic mass is 16.5. The molecule has 0 fully saturated rings. The number of hydrogen-bond acceptors (Lipinski definition) is 4. The standard InChI is InChI=1S/C14H20N4O2/c1-9-5-4-6-11-13(9)18(2)12(17-11)7-16-14(19)10(15)8-20-3/h4-6,10H,7-8,15H2,1-3H3,(H,16,19). The van der Waals surface area contributed by atoms with Crippen LogP contribution in [0.5, 0.6) is 0 Å². The Kier molecular flexibility index (Phi) is 4.36. The summed E-state index contributed by atoms with van der Waals surface area (Å²) in [4.78, 5) is 16.3. The fourth-order valence-corrected chi connectivity index (χ4v) is 2.22. The quantitative estimate of drug-likeness (QED) is 0.832. The van der Waals surface area contributed by atoms with Crippen molar-refractivity contribution in [3.63, 3.8) is 0 Å². The number of ether oxygens (including phenoxy) is 1. The number of rotatable bonds is 5. The maximum atomic E-state index is 11.7. The molecule has 2 rings (SSSR count). The van der Waals surface area contributed by atoms with Gasteiger partial charge in [0, 0.05) is 14.2 Å². The second-order valence-electron chi connectivity index (χ2n) is 4.81. The molecule has 1 heterocycles. The zero-order valence-electron chi connectivity index (χ0n) is 12.0. The Morgan fingerprint density at radius 1 is 1.55 bits per heavy atom. The number of carbonyl (C=O) groups excluding carboxylic acids is 1. The predicted octanol–water partition coefficient (Wildman–Crippen LogP) is 0.472. The average Bonchev–Trinajstić information content (AvgIpc) is 2.74. The number of para-hydroxylation sites is 1. The highest BCUT2D eigenvalue weighted by Gasteiger charge is 2.14. The molecule has 0 spiro atoms. The van der Waals surface area contributed by atoms with E-state index in [1.54, 1.807) is 0 Å². The highest BCUT2D eigenvalue weighted by Crippen LogP contribution is 2.18. The van der Waals surface area contributed by atoms with Gasteiger partial charge in [0.2, 0.25) is 5.91 Å². The first-order valence-electron chi connectivity index (χ1n) is 6.47. The summed E-state index contributed by atoms with van der Waals surface area (Å²) in [6, 6.07) is 5.32. The molecule has 1 aromatic heterocycles. The summed E-state index contributed by atoms with van der Waals surface area (Å²) < 4.78 is 6.85. The number of imidazole rings is 1. The van der Waals surface area contributed by atoms with Gasteiger partial charge in [0.1, 0.15) is 11.9 Å². The van der Waals surface area contributed by atoms with E-state index in [-0.39, 0.29) is 12.5 Å². The zero-order valence-corrected chi connectivity index (χ0v) is 12.0. The number of amides is 1. The van der Waals surface area contributed by atoms with Crippen molar-refractivity contribution in [3.05, 3.63) is 29.6 Å². The van der Waals surface area contributed by atoms with Gasteiger partial charge in [-0.05, 0) is 18.6 Å². The van der Waals surface area contributed by atoms with E-state index in [9.17, 15) is 4.79 Å². The van der Waals surface area contributed by atoms with Gasteiger partial charge in [0.05, 0.1) is 24.2 Å². The van der Waals surface area contributed by atoms with Crippen molar-refractivity contribution < 1.29 is 9.53 Å². The summed E-state index contributed by atoms with van der Waals surface area (Å²) in [5.74, 6) is 0.558. The minimum atomic E-state index is -0.656. The number of nitrogens with zero attached hydrogens (tertiary/aromatic N) is 2. The van der Waals surface area contributed by atoms with Crippen LogP contribution in [0.3, 0.4) is 0 Å². The SMILES string of the molecule is COCC(N)C(=O)NCc1nc2cccc(C)c2n1C. The average molecular weight is 276 g/mol. The van der Waals surface area contributed by atoms with Gasteiger partial charge in [0.15, 0.2) is 0 Å². The normalized spacial score (nSPS) is 12.6. The van der Waals surface area contributed by atoms with Crippen molar-refractivity contribution in [3.8, 4) is 0 Å². The van der Waals surface area contributed by atoms with Gasteiger partial charge in [-0.3, -0.25) is 4.79 Å². The number of nitrogens with one attached hydrogen (secondary N) is 1. The summed E-state index contributed by atoms with van der Waals surface area (Å²) in [6.45, 7) is 2.59. The minimum absolute atomic E-state index is 0.202. The van der Waals surface area contributed by atoms with Crippen molar-refractivity contribution >= 4 is 16.9 Å². The molecule has 108 valence electrons. The van der Waals surface area contributed by atoms with E-state index in [1.165, 1.54) is 7.11 Å². The molecular weight excluding hydrogens is 256 g/mol. The third kappa shape index (κ3) is 2.81. The second kappa shape index (κ2) is 6.02. The third-order valence-corrected chi connectivity index (χ3v) is 3.29. The first-order chi connectivity index (χ1) is 9.54. The molecule has 1 amide bonds. The lowest BCUT2D eigenvalue weighted by Gasteiger charge is -2.11. The topological polar surface area (TPSA) is 82.2 Å². The Morgan fingerprint density at radius 2 is 2.30 bits per heavy atom. The third-order valence-electron chi connectivity index (χ3n) is 3.29. The number of aromatic nitrogens is 2. The number of benzene rings is 1. The second-order valence-corrected chi connectivity index (χ2v) is 4.81. The molecule has 20 heavy (non-hydrogen) atoms. The molecule has 0 saturated heterocycles. The number of carbonyl (C=O) groups is 1. The summed E-state index contributed by atoms with van der Waals surface area (Å²) >= 11 is 0. The maximum Gasteiger partial charge on any atom is 0.239 e. The largest absolute Gasteiger partial charge is 0.383 e. The van der Waals surface area contributed by atoms with Crippen molar-refractivity contribution in [2.45, 2.75) is 19.5 Å². The van der Waals surface area contributed by atoms with E-state index >= 15 is 0 Å². The number of hydrogen-bond donors (Lipinski definition) is 2. The van der Waals surface area contributed by atoms with Crippen molar-refractivity contribution in [2.24, 2.45) is 12.8 Å². The van der Waals surface area contributed by atoms with Crippen molar-refractivity contribution in [2.75, 3.05) is 13.7 Å². The summed E-state index contributed by atoms with van der Waals surface area (Å²) in [5.41, 5.74) is 8.83. The van der Waals surface area contributed by atoms with E-state index in [0.29, 0.717) is 6.54 Å². The van der Waals surface area contributed by atoms with Crippen LogP contribution in [-0.4, -0.2) is 35.2 Å². The lowest BCUT2D eigenvalue weighted by molar-refractivity contribution is -0.123. The van der Waals surface area contributed by atoms with Gasteiger partial charge in [0.25, 0.3) is 0 Å². The number of methoxy groups -OCH3 is 1. The Hall–Kier alpha value is -1.92. The predicted molar refractivity (Wildman–Crippen MR) is 77.1 cm³/mol. The lowest BCUT2D eigenvalue weighted by Crippen LogP contribution is -2.43. The number of aryl methyl sites for hydroxylation is 2. The van der Waals surface area contributed by atoms with Gasteiger partial charge < -0.3 is 20.4 Å². The Morgan fingerprint density at radius 3 is 2.95 bits per heavy atom. The van der Waals surface area contributed by atoms with Crippen LogP contribution in [0.4, 0.5) is 0 Å². The molecule has 0 radical (unpaired) electrons. The van der Waals surface area contributed by atoms with Crippen LogP contribution < -0.4 is 11.1 Å². The molecule has 0 saturated carbocycles. The van der Waals surface area contributed by atoms with Crippen LogP contribution in [0, 0.1) is 6.92 Å². The van der Waals surface area contributed by atoms with Gasteiger partial charge in [-0.1, -0.05) is 12.1 Å². The van der Waals surface area contributed by atoms with E-state index in [2.05, 4.69) is 10.3 Å². The molecule has 0 aliphatic rings. The minimum Gasteiger partial charge on any atom is -0.383 e. The molecule has 0 aliphatic carbocycles. The van der Waals surface area contributed by atoms with E-state index in [1.807, 2.05) is 36.7 Å². The Balaban J connectivity index is 2.13. The van der Waals surface area contributed by atoms with Gasteiger partial charge in [-0.2, -0.15) is 0 Å². The monoisotopic (exact) mass is 276 g/mol. The van der Waals surface area contributed by atoms with Crippen LogP contribution in [0.15, 0.2) is 18.2 Å². The maximum absolute atomic E-state index is 11.7. The Labute approximate surface area is 117 Å². The first kappa shape index (κ1) is 14.5. The summed E-state index contributed by atoms with van der Waals surface area (Å²) in [5, 5.41) is 2.78. The number of fused-ring (bicyclic) bond motifs is 1. The molecule has 0 bridgehead atoms. The van der Waals surface area contributed by atoms with Gasteiger partial charge in [-0.15, -0.1) is 0 Å². The van der Waals surface area contributed by atoms with E-state index in [4.69, 9.17) is 10.5 Å². The van der Waals surface area contributed by atoms with E-state index < -0.39 is 6.04 Å². The molecule has 6 nitrogen and oxygen atoms in total. The van der Waals surface area contributed by atoms with Crippen LogP contribution in [-0.2, 0) is 23.1 Å². The summed E-state index contributed by atoms with van der Waals surface area (Å²) in [6.07, 6.45) is 0. The van der Waals surface area contributed by atoms with E-state index in [0.717, 1.165) is 22.4 Å². The van der Waals surface area contributed by atoms with Crippen LogP contribution in [0.2, 0.25) is 0 Å². The molecule has 2 aromatic rings. The molecular formula is C14H20N4O2. The zero-order chi connectivity index (χ0) is 14.7. The van der Waals surface area contributed by atoms with Crippen molar-refractivity contribution in [1.82, 2.24) is 14.9 Å². The molecule has 1 unspecified atom stereocenters. The number of nitrogens with two attached hydrogens (primary N) is 1. The molecule has 1 aromatic carbocycles. The molecule has 1 atom stereocenters.